The Morgan fingerprint density at radius 1 is 0.754 bits per heavy atom. The summed E-state index contributed by atoms with van der Waals surface area (Å²) in [5.74, 6) is -1.50. The number of nitrogens with zero attached hydrogens (tertiary/aromatic N) is 1. The molecule has 1 heterocycles. The Labute approximate surface area is 356 Å². The number of carbonyl (C=O) groups excluding carboxylic acids is 6. The Bertz CT molecular complexity index is 2030. The number of amides is 5. The molecule has 17 heteroatoms. The SMILES string of the molecule is COC(=O)[C@@H]1Cc2ccc(OCCNC(=O)OC(C)(C)C)c(c2)-c2cc(ccc2OCCNC(=O)OC(C)(C)C)[C@H](N(C)C(=O)OCc2ccccc2)C(=O)N[C@@H](C)C(=O)N1. The molecule has 0 saturated heterocycles. The van der Waals surface area contributed by atoms with Crippen molar-refractivity contribution in [2.75, 3.05) is 40.5 Å². The molecule has 0 fully saturated rings. The topological polar surface area (TPSA) is 209 Å². The number of benzene rings is 3. The van der Waals surface area contributed by atoms with E-state index in [1.165, 1.54) is 21.1 Å². The van der Waals surface area contributed by atoms with Gasteiger partial charge in [0.25, 0.3) is 0 Å². The van der Waals surface area contributed by atoms with Crippen LogP contribution in [0.4, 0.5) is 14.4 Å². The summed E-state index contributed by atoms with van der Waals surface area (Å²) >= 11 is 0. The van der Waals surface area contributed by atoms with Crippen LogP contribution >= 0.6 is 0 Å². The van der Waals surface area contributed by atoms with Gasteiger partial charge in [-0.15, -0.1) is 0 Å². The minimum atomic E-state index is -1.36. The van der Waals surface area contributed by atoms with E-state index in [0.717, 1.165) is 10.5 Å². The van der Waals surface area contributed by atoms with Crippen molar-refractivity contribution in [1.82, 2.24) is 26.2 Å². The smallest absolute Gasteiger partial charge is 0.410 e. The molecule has 1 aliphatic rings. The molecule has 1 aliphatic heterocycles. The zero-order valence-electron chi connectivity index (χ0n) is 36.2. The van der Waals surface area contributed by atoms with Gasteiger partial charge in [-0.2, -0.15) is 0 Å². The summed E-state index contributed by atoms with van der Waals surface area (Å²) in [7, 11) is 2.60. The van der Waals surface area contributed by atoms with E-state index in [4.69, 9.17) is 28.4 Å². The summed E-state index contributed by atoms with van der Waals surface area (Å²) in [5, 5.41) is 10.7. The van der Waals surface area contributed by atoms with Gasteiger partial charge in [-0.25, -0.2) is 19.2 Å². The minimum Gasteiger partial charge on any atom is -0.491 e. The Hall–Kier alpha value is -6.52. The lowest BCUT2D eigenvalue weighted by Crippen LogP contribution is -2.53. The molecule has 0 radical (unpaired) electrons. The van der Waals surface area contributed by atoms with Gasteiger partial charge in [0, 0.05) is 24.6 Å². The standard InChI is InChI=1S/C44H57N5O12/c1-27-37(50)48-33(39(52)56-9)24-29-15-17-34(57-21-19-45-40(53)60-43(2,3)4)31(23-29)32-25-30(16-18-35(32)58-22-20-46-41(54)61-44(5,6)7)36(38(51)47-27)49(8)42(55)59-26-28-13-11-10-12-14-28/h10-18,23,25,27,33,36H,19-22,24,26H2,1-9H3,(H,45,53)(H,46,54)(H,47,51)(H,48,50)/t27-,33-,36-/m0/s1. The van der Waals surface area contributed by atoms with Crippen LogP contribution in [0.2, 0.25) is 0 Å². The second-order valence-electron chi connectivity index (χ2n) is 16.2. The third-order valence-corrected chi connectivity index (χ3v) is 8.83. The van der Waals surface area contributed by atoms with E-state index in [1.807, 2.05) is 6.07 Å². The number of alkyl carbamates (subject to hydrolysis) is 2. The largest absolute Gasteiger partial charge is 0.491 e. The summed E-state index contributed by atoms with van der Waals surface area (Å²) < 4.78 is 33.8. The first-order chi connectivity index (χ1) is 28.7. The highest BCUT2D eigenvalue weighted by Gasteiger charge is 2.34. The molecule has 0 aromatic heterocycles. The van der Waals surface area contributed by atoms with E-state index in [9.17, 15) is 28.8 Å². The van der Waals surface area contributed by atoms with E-state index in [-0.39, 0.29) is 39.3 Å². The van der Waals surface area contributed by atoms with Crippen LogP contribution in [0.5, 0.6) is 11.5 Å². The third kappa shape index (κ3) is 14.6. The number of methoxy groups -OCH3 is 1. The molecule has 0 unspecified atom stereocenters. The molecule has 5 amide bonds. The van der Waals surface area contributed by atoms with Crippen molar-refractivity contribution in [1.29, 1.82) is 0 Å². The first-order valence-corrected chi connectivity index (χ1v) is 19.8. The van der Waals surface area contributed by atoms with Gasteiger partial charge in [0.05, 0.1) is 20.2 Å². The Morgan fingerprint density at radius 3 is 1.87 bits per heavy atom. The van der Waals surface area contributed by atoms with E-state index in [0.29, 0.717) is 33.8 Å². The first-order valence-electron chi connectivity index (χ1n) is 19.8. The first kappa shape index (κ1) is 47.2. The van der Waals surface area contributed by atoms with Gasteiger partial charge < -0.3 is 49.7 Å². The number of fused-ring (bicyclic) bond motifs is 5. The van der Waals surface area contributed by atoms with Crippen LogP contribution in [0.3, 0.4) is 0 Å². The van der Waals surface area contributed by atoms with Gasteiger partial charge in [-0.05, 0) is 89.4 Å². The molecule has 330 valence electrons. The number of carbonyl (C=O) groups is 6. The molecule has 0 spiro atoms. The van der Waals surface area contributed by atoms with Crippen LogP contribution in [0, 0.1) is 0 Å². The second-order valence-corrected chi connectivity index (χ2v) is 16.2. The fourth-order valence-corrected chi connectivity index (χ4v) is 6.05. The quantitative estimate of drug-likeness (QED) is 0.106. The summed E-state index contributed by atoms with van der Waals surface area (Å²) in [4.78, 5) is 80.3. The summed E-state index contributed by atoms with van der Waals surface area (Å²) in [6.45, 7) is 12.0. The molecular formula is C44H57N5O12. The van der Waals surface area contributed by atoms with Crippen molar-refractivity contribution in [2.24, 2.45) is 0 Å². The van der Waals surface area contributed by atoms with Crippen LogP contribution in [-0.4, -0.2) is 105 Å². The zero-order valence-corrected chi connectivity index (χ0v) is 36.2. The van der Waals surface area contributed by atoms with Crippen molar-refractivity contribution in [2.45, 2.75) is 90.8 Å². The number of hydrogen-bond acceptors (Lipinski definition) is 12. The van der Waals surface area contributed by atoms with Gasteiger partial charge in [0.2, 0.25) is 11.8 Å². The lowest BCUT2D eigenvalue weighted by molar-refractivity contribution is -0.145. The van der Waals surface area contributed by atoms with Crippen LogP contribution in [0.15, 0.2) is 66.7 Å². The highest BCUT2D eigenvalue weighted by Crippen LogP contribution is 2.40. The molecule has 3 atom stereocenters. The van der Waals surface area contributed by atoms with Gasteiger partial charge in [0.15, 0.2) is 0 Å². The van der Waals surface area contributed by atoms with Crippen molar-refractivity contribution >= 4 is 36.1 Å². The van der Waals surface area contributed by atoms with Crippen molar-refractivity contribution in [3.63, 3.8) is 0 Å². The number of esters is 1. The predicted molar refractivity (Wildman–Crippen MR) is 224 cm³/mol. The van der Waals surface area contributed by atoms with Crippen molar-refractivity contribution in [3.05, 3.63) is 83.4 Å². The van der Waals surface area contributed by atoms with E-state index >= 15 is 0 Å². The van der Waals surface area contributed by atoms with E-state index in [1.54, 1.807) is 102 Å². The summed E-state index contributed by atoms with van der Waals surface area (Å²) in [6, 6.07) is 15.3. The van der Waals surface area contributed by atoms with E-state index in [2.05, 4.69) is 21.3 Å². The number of nitrogens with one attached hydrogen (secondary N) is 4. The monoisotopic (exact) mass is 847 g/mol. The fraction of sp³-hybridized carbons (Fsp3) is 0.455. The predicted octanol–water partition coefficient (Wildman–Crippen LogP) is 5.19. The lowest BCUT2D eigenvalue weighted by Gasteiger charge is -2.29. The van der Waals surface area contributed by atoms with Crippen LogP contribution in [0.25, 0.3) is 11.1 Å². The molecule has 17 nitrogen and oxygen atoms in total. The molecule has 3 aromatic carbocycles. The maximum atomic E-state index is 14.3. The molecular weight excluding hydrogens is 791 g/mol. The summed E-state index contributed by atoms with van der Waals surface area (Å²) in [6.07, 6.45) is -2.10. The zero-order chi connectivity index (χ0) is 44.9. The number of likely N-dealkylation sites (N-methyl/N-ethyl adjacent to an activating group) is 1. The molecule has 4 N–H and O–H groups in total. The van der Waals surface area contributed by atoms with Crippen LogP contribution in [0.1, 0.15) is 71.2 Å². The van der Waals surface area contributed by atoms with Gasteiger partial charge in [-0.1, -0.05) is 42.5 Å². The summed E-state index contributed by atoms with van der Waals surface area (Å²) in [5.41, 5.74) is 1.03. The normalized spacial score (nSPS) is 16.6. The number of ether oxygens (including phenoxy) is 6. The highest BCUT2D eigenvalue weighted by molar-refractivity contribution is 5.94. The molecule has 0 aliphatic carbocycles. The lowest BCUT2D eigenvalue weighted by atomic mass is 9.94. The number of hydrogen-bond donors (Lipinski definition) is 4. The minimum absolute atomic E-state index is 0.00103. The molecule has 61 heavy (non-hydrogen) atoms. The van der Waals surface area contributed by atoms with Crippen molar-refractivity contribution < 1.29 is 57.2 Å². The van der Waals surface area contributed by atoms with Crippen molar-refractivity contribution in [3.8, 4) is 22.6 Å². The van der Waals surface area contributed by atoms with Gasteiger partial charge in [0.1, 0.15) is 60.6 Å². The molecule has 3 aromatic rings. The average molecular weight is 848 g/mol. The number of rotatable bonds is 12. The Kier molecular flexibility index (Phi) is 16.3. The average Bonchev–Trinajstić information content (AvgIpc) is 3.19. The van der Waals surface area contributed by atoms with Crippen LogP contribution < -0.4 is 30.7 Å². The second kappa shape index (κ2) is 21.1. The third-order valence-electron chi connectivity index (χ3n) is 8.83. The Balaban J connectivity index is 1.82. The van der Waals surface area contributed by atoms with Gasteiger partial charge in [-0.3, -0.25) is 14.5 Å². The Morgan fingerprint density at radius 2 is 1.31 bits per heavy atom. The molecule has 4 bridgehead atoms. The molecule has 0 saturated carbocycles. The van der Waals surface area contributed by atoms with E-state index < -0.39 is 65.4 Å². The molecule has 4 rings (SSSR count). The van der Waals surface area contributed by atoms with Gasteiger partial charge >= 0.3 is 24.2 Å². The fourth-order valence-electron chi connectivity index (χ4n) is 6.05. The maximum absolute atomic E-state index is 14.3. The maximum Gasteiger partial charge on any atom is 0.410 e. The highest BCUT2D eigenvalue weighted by atomic mass is 16.6. The van der Waals surface area contributed by atoms with Crippen LogP contribution in [-0.2, 0) is 46.4 Å².